The molecular weight excluding hydrogens is 216 g/mol. The van der Waals surface area contributed by atoms with Gasteiger partial charge in [-0.15, -0.1) is 0 Å². The van der Waals surface area contributed by atoms with Crippen LogP contribution in [0.2, 0.25) is 0 Å². The van der Waals surface area contributed by atoms with Crippen molar-refractivity contribution in [3.8, 4) is 0 Å². The summed E-state index contributed by atoms with van der Waals surface area (Å²) in [5, 5.41) is 3.30. The minimum absolute atomic E-state index is 0.317. The molecule has 0 bridgehead atoms. The van der Waals surface area contributed by atoms with Gasteiger partial charge in [0.2, 0.25) is 0 Å². The molecule has 0 aromatic carbocycles. The quantitative estimate of drug-likeness (QED) is 0.484. The molecule has 4 N–H and O–H groups in total. The van der Waals surface area contributed by atoms with Gasteiger partial charge in [-0.3, -0.25) is 4.98 Å². The van der Waals surface area contributed by atoms with E-state index in [4.69, 9.17) is 5.84 Å². The molecule has 1 rings (SSSR count). The van der Waals surface area contributed by atoms with Gasteiger partial charge in [0.15, 0.2) is 5.82 Å². The molecule has 1 atom stereocenters. The van der Waals surface area contributed by atoms with Gasteiger partial charge in [0.05, 0.1) is 12.4 Å². The van der Waals surface area contributed by atoms with E-state index in [1.54, 1.807) is 12.4 Å². The smallest absolute Gasteiger partial charge is 0.160 e. The van der Waals surface area contributed by atoms with Gasteiger partial charge in [-0.25, -0.2) is 10.8 Å². The molecule has 17 heavy (non-hydrogen) atoms. The van der Waals surface area contributed by atoms with Gasteiger partial charge < -0.3 is 15.6 Å². The van der Waals surface area contributed by atoms with E-state index in [0.29, 0.717) is 11.9 Å². The van der Waals surface area contributed by atoms with Crippen LogP contribution < -0.4 is 16.6 Å². The van der Waals surface area contributed by atoms with E-state index >= 15 is 0 Å². The highest BCUT2D eigenvalue weighted by atomic mass is 15.3. The maximum atomic E-state index is 5.28. The third-order valence-electron chi connectivity index (χ3n) is 2.60. The number of nitrogens with one attached hydrogen (secondary N) is 2. The minimum atomic E-state index is 0.317. The summed E-state index contributed by atoms with van der Waals surface area (Å²) < 4.78 is 0. The van der Waals surface area contributed by atoms with Gasteiger partial charge in [0.1, 0.15) is 5.82 Å². The van der Waals surface area contributed by atoms with Crippen molar-refractivity contribution in [2.45, 2.75) is 26.8 Å². The average Bonchev–Trinajstić information content (AvgIpc) is 2.36. The monoisotopic (exact) mass is 238 g/mol. The van der Waals surface area contributed by atoms with Gasteiger partial charge >= 0.3 is 0 Å². The molecule has 0 spiro atoms. The van der Waals surface area contributed by atoms with Crippen molar-refractivity contribution >= 4 is 11.6 Å². The summed E-state index contributed by atoms with van der Waals surface area (Å²) >= 11 is 0. The Morgan fingerprint density at radius 3 is 2.53 bits per heavy atom. The fourth-order valence-corrected chi connectivity index (χ4v) is 1.67. The normalized spacial score (nSPS) is 12.5. The zero-order valence-electron chi connectivity index (χ0n) is 10.8. The van der Waals surface area contributed by atoms with Crippen LogP contribution in [-0.4, -0.2) is 40.5 Å². The molecule has 0 aliphatic rings. The summed E-state index contributed by atoms with van der Waals surface area (Å²) in [6, 6.07) is 0.317. The van der Waals surface area contributed by atoms with Crippen LogP contribution in [0.3, 0.4) is 0 Å². The lowest BCUT2D eigenvalue weighted by Crippen LogP contribution is -2.35. The first-order chi connectivity index (χ1) is 8.19. The second-order valence-corrected chi connectivity index (χ2v) is 3.97. The Kier molecular flexibility index (Phi) is 5.65. The zero-order chi connectivity index (χ0) is 12.7. The molecule has 6 nitrogen and oxygen atoms in total. The number of likely N-dealkylation sites (N-methyl/N-ethyl adjacent to an activating group) is 1. The van der Waals surface area contributed by atoms with Crippen molar-refractivity contribution < 1.29 is 0 Å². The number of rotatable bonds is 7. The molecule has 0 fully saturated rings. The van der Waals surface area contributed by atoms with E-state index in [9.17, 15) is 0 Å². The Balaban J connectivity index is 2.52. The number of hydrogen-bond acceptors (Lipinski definition) is 6. The van der Waals surface area contributed by atoms with Crippen molar-refractivity contribution in [3.63, 3.8) is 0 Å². The molecule has 0 radical (unpaired) electrons. The van der Waals surface area contributed by atoms with Crippen molar-refractivity contribution in [2.24, 2.45) is 5.84 Å². The molecule has 6 heteroatoms. The molecule has 96 valence electrons. The Morgan fingerprint density at radius 2 is 1.94 bits per heavy atom. The molecule has 1 aromatic rings. The van der Waals surface area contributed by atoms with E-state index < -0.39 is 0 Å². The molecule has 1 aromatic heterocycles. The lowest BCUT2D eigenvalue weighted by molar-refractivity contribution is 0.294. The predicted octanol–water partition coefficient (Wildman–Crippen LogP) is 0.904. The predicted molar refractivity (Wildman–Crippen MR) is 70.7 cm³/mol. The van der Waals surface area contributed by atoms with Gasteiger partial charge in [-0.05, 0) is 20.0 Å². The second kappa shape index (κ2) is 7.03. The van der Waals surface area contributed by atoms with Gasteiger partial charge in [-0.2, -0.15) is 0 Å². The first-order valence-corrected chi connectivity index (χ1v) is 5.97. The van der Waals surface area contributed by atoms with Gasteiger partial charge in [-0.1, -0.05) is 13.8 Å². The number of anilines is 2. The summed E-state index contributed by atoms with van der Waals surface area (Å²) in [6.07, 6.45) is 3.28. The first kappa shape index (κ1) is 13.7. The number of hydrazine groups is 1. The van der Waals surface area contributed by atoms with Crippen molar-refractivity contribution in [2.75, 3.05) is 30.4 Å². The second-order valence-electron chi connectivity index (χ2n) is 3.97. The summed E-state index contributed by atoms with van der Waals surface area (Å²) in [6.45, 7) is 9.54. The topological polar surface area (TPSA) is 79.1 Å². The number of nitrogens with two attached hydrogens (primary N) is 1. The molecule has 0 saturated carbocycles. The summed E-state index contributed by atoms with van der Waals surface area (Å²) in [5.74, 6) is 6.58. The maximum Gasteiger partial charge on any atom is 0.160 e. The number of aromatic nitrogens is 2. The van der Waals surface area contributed by atoms with Crippen LogP contribution in [0.1, 0.15) is 20.8 Å². The number of hydrogen-bond donors (Lipinski definition) is 3. The fourth-order valence-electron chi connectivity index (χ4n) is 1.67. The standard InChI is InChI=1S/C11H22N6/c1-4-17(5-2)8-9(3)14-10-6-13-7-11(15-10)16-12/h6-7,9H,4-5,8,12H2,1-3H3,(H2,14,15,16). The minimum Gasteiger partial charge on any atom is -0.365 e. The van der Waals surface area contributed by atoms with Gasteiger partial charge in [0.25, 0.3) is 0 Å². The van der Waals surface area contributed by atoms with E-state index in [-0.39, 0.29) is 0 Å². The number of nitrogens with zero attached hydrogens (tertiary/aromatic N) is 3. The highest BCUT2D eigenvalue weighted by Gasteiger charge is 2.07. The van der Waals surface area contributed by atoms with E-state index in [0.717, 1.165) is 25.5 Å². The molecular formula is C11H22N6. The molecule has 1 heterocycles. The lowest BCUT2D eigenvalue weighted by atomic mass is 10.3. The average molecular weight is 238 g/mol. The van der Waals surface area contributed by atoms with Crippen LogP contribution in [0, 0.1) is 0 Å². The summed E-state index contributed by atoms with van der Waals surface area (Å²) in [4.78, 5) is 10.7. The molecule has 0 saturated heterocycles. The van der Waals surface area contributed by atoms with E-state index in [2.05, 4.69) is 46.4 Å². The van der Waals surface area contributed by atoms with Crippen LogP contribution in [0.5, 0.6) is 0 Å². The Morgan fingerprint density at radius 1 is 1.29 bits per heavy atom. The van der Waals surface area contributed by atoms with Crippen LogP contribution >= 0.6 is 0 Å². The largest absolute Gasteiger partial charge is 0.365 e. The zero-order valence-corrected chi connectivity index (χ0v) is 10.8. The summed E-state index contributed by atoms with van der Waals surface area (Å²) in [7, 11) is 0. The molecule has 1 unspecified atom stereocenters. The SMILES string of the molecule is CCN(CC)CC(C)Nc1cncc(NN)n1. The van der Waals surface area contributed by atoms with Crippen LogP contribution in [0.15, 0.2) is 12.4 Å². The molecule has 0 aliphatic heterocycles. The van der Waals surface area contributed by atoms with Crippen LogP contribution in [0.4, 0.5) is 11.6 Å². The molecule has 0 amide bonds. The Labute approximate surface area is 103 Å². The highest BCUT2D eigenvalue weighted by molar-refractivity contribution is 5.41. The summed E-state index contributed by atoms with van der Waals surface area (Å²) in [5.41, 5.74) is 2.48. The number of nitrogen functional groups attached to an aromatic ring is 1. The molecule has 0 aliphatic carbocycles. The van der Waals surface area contributed by atoms with Crippen molar-refractivity contribution in [1.82, 2.24) is 14.9 Å². The van der Waals surface area contributed by atoms with Crippen molar-refractivity contribution in [1.29, 1.82) is 0 Å². The van der Waals surface area contributed by atoms with Gasteiger partial charge in [0, 0.05) is 12.6 Å². The van der Waals surface area contributed by atoms with E-state index in [1.807, 2.05) is 0 Å². The lowest BCUT2D eigenvalue weighted by Gasteiger charge is -2.23. The van der Waals surface area contributed by atoms with Crippen LogP contribution in [-0.2, 0) is 0 Å². The van der Waals surface area contributed by atoms with Crippen LogP contribution in [0.25, 0.3) is 0 Å². The Hall–Kier alpha value is -1.40. The third-order valence-corrected chi connectivity index (χ3v) is 2.60. The van der Waals surface area contributed by atoms with E-state index in [1.165, 1.54) is 0 Å². The Bertz CT molecular complexity index is 325. The van der Waals surface area contributed by atoms with Crippen molar-refractivity contribution in [3.05, 3.63) is 12.4 Å². The first-order valence-electron chi connectivity index (χ1n) is 5.97. The fraction of sp³-hybridized carbons (Fsp3) is 0.636. The highest BCUT2D eigenvalue weighted by Crippen LogP contribution is 2.07. The maximum absolute atomic E-state index is 5.28. The third kappa shape index (κ3) is 4.54.